The first-order valence-electron chi connectivity index (χ1n) is 35.6. The number of piperidine rings is 1. The highest BCUT2D eigenvalue weighted by molar-refractivity contribution is 6.00. The number of hydrogen-bond donors (Lipinski definition) is 23. The van der Waals surface area contributed by atoms with Gasteiger partial charge in [0.25, 0.3) is 0 Å². The molecular weight excluding hydrogens is 1350 g/mol. The number of nitrogens with two attached hydrogens (primary N) is 8. The number of likely N-dealkylation sites (tertiary alicyclic amines) is 1. The molecule has 1 saturated heterocycles. The van der Waals surface area contributed by atoms with Crippen LogP contribution in [0.4, 0.5) is 0 Å². The summed E-state index contributed by atoms with van der Waals surface area (Å²) in [5.74, 6) is -10.1. The molecule has 2 aromatic heterocycles. The summed E-state index contributed by atoms with van der Waals surface area (Å²) in [5, 5.41) is 48.1. The number of nitrogens with one attached hydrogen (secondary N) is 14. The summed E-state index contributed by atoms with van der Waals surface area (Å²) in [7, 11) is 0. The van der Waals surface area contributed by atoms with Crippen molar-refractivity contribution in [3.8, 4) is 0 Å². The fourth-order valence-corrected chi connectivity index (χ4v) is 12.2. The number of unbranched alkanes of at least 4 members (excludes halogenated alkanes) is 3. The highest BCUT2D eigenvalue weighted by atomic mass is 16.4. The number of H-pyrrole nitrogens is 2. The number of amides is 11. The van der Waals surface area contributed by atoms with Gasteiger partial charge >= 0.3 is 5.97 Å². The zero-order valence-corrected chi connectivity index (χ0v) is 59.0. The van der Waals surface area contributed by atoms with Crippen molar-refractivity contribution >= 4 is 98.7 Å². The summed E-state index contributed by atoms with van der Waals surface area (Å²) in [6.07, 6.45) is 6.72. The molecule has 4 aromatic rings. The lowest BCUT2D eigenvalue weighted by molar-refractivity contribution is -0.143. The van der Waals surface area contributed by atoms with E-state index in [0.717, 1.165) is 10.9 Å². The van der Waals surface area contributed by atoms with Gasteiger partial charge in [-0.2, -0.15) is 0 Å². The predicted octanol–water partition coefficient (Wildman–Crippen LogP) is -4.97. The molecule has 0 saturated carbocycles. The Balaban J connectivity index is 1.36. The van der Waals surface area contributed by atoms with Crippen LogP contribution in [0.2, 0.25) is 0 Å². The SMILES string of the molecule is N=C(N)NCCC[C@H](NC(=O)CN)C(=O)NCC(=O)N1CCCC[C@H]1C(=O)N[C@@H](CCN)C(=O)N[C@@H](Cc1c[nH]c2ccccc12)C(=O)N[C@@H](CCN)C(=O)N[C@@H](CCN)C(=O)N[C@@H](CCCCN)C(=O)N[C@@H](Cc1c[nH]c2ccccc12)C(=O)N[C@@H](CCCCN)C(=O)N[C@@H](CCCCN)C(=O)O. The van der Waals surface area contributed by atoms with Crippen molar-refractivity contribution in [2.75, 3.05) is 65.4 Å². The van der Waals surface area contributed by atoms with Crippen molar-refractivity contribution in [2.24, 2.45) is 45.9 Å². The zero-order valence-electron chi connectivity index (χ0n) is 59.0. The maximum absolute atomic E-state index is 14.8. The van der Waals surface area contributed by atoms with E-state index >= 15 is 0 Å². The van der Waals surface area contributed by atoms with Gasteiger partial charge in [0, 0.05) is 60.1 Å². The lowest BCUT2D eigenvalue weighted by Gasteiger charge is -2.35. The number of carbonyl (C=O) groups excluding carboxylic acids is 11. The molecule has 0 unspecified atom stereocenters. The Kier molecular flexibility index (Phi) is 36.9. The number of fused-ring (bicyclic) bond motifs is 2. The van der Waals surface area contributed by atoms with Gasteiger partial charge in [0.15, 0.2) is 5.96 Å². The van der Waals surface area contributed by atoms with Crippen LogP contribution in [-0.4, -0.2) is 223 Å². The monoisotopic (exact) mass is 1460 g/mol. The van der Waals surface area contributed by atoms with E-state index in [1.807, 2.05) is 18.2 Å². The van der Waals surface area contributed by atoms with Crippen molar-refractivity contribution in [1.29, 1.82) is 5.41 Å². The van der Waals surface area contributed by atoms with Crippen LogP contribution in [-0.2, 0) is 70.4 Å². The van der Waals surface area contributed by atoms with E-state index in [1.54, 1.807) is 42.7 Å². The molecule has 36 heteroatoms. The maximum Gasteiger partial charge on any atom is 0.326 e. The quantitative estimate of drug-likeness (QED) is 0.0112. The van der Waals surface area contributed by atoms with Crippen molar-refractivity contribution in [3.05, 3.63) is 72.1 Å². The average Bonchev–Trinajstić information content (AvgIpc) is 1.00. The zero-order chi connectivity index (χ0) is 76.1. The van der Waals surface area contributed by atoms with Gasteiger partial charge in [0.2, 0.25) is 65.0 Å². The summed E-state index contributed by atoms with van der Waals surface area (Å²) in [4.78, 5) is 176. The average molecular weight is 1460 g/mol. The molecule has 0 aliphatic carbocycles. The summed E-state index contributed by atoms with van der Waals surface area (Å²) < 4.78 is 0. The molecule has 0 bridgehead atoms. The first-order chi connectivity index (χ1) is 50.0. The highest BCUT2D eigenvalue weighted by Gasteiger charge is 2.38. The summed E-state index contributed by atoms with van der Waals surface area (Å²) in [6, 6.07) is 1.11. The van der Waals surface area contributed by atoms with Gasteiger partial charge in [0.05, 0.1) is 13.1 Å². The van der Waals surface area contributed by atoms with E-state index in [1.165, 1.54) is 4.90 Å². The predicted molar refractivity (Wildman–Crippen MR) is 389 cm³/mol. The van der Waals surface area contributed by atoms with E-state index in [4.69, 9.17) is 51.3 Å². The number of hydrogen-bond acceptors (Lipinski definition) is 20. The van der Waals surface area contributed by atoms with E-state index in [-0.39, 0.29) is 116 Å². The smallest absolute Gasteiger partial charge is 0.326 e. The molecule has 104 heavy (non-hydrogen) atoms. The minimum Gasteiger partial charge on any atom is -0.480 e. The second kappa shape index (κ2) is 45.3. The van der Waals surface area contributed by atoms with E-state index in [2.05, 4.69) is 68.5 Å². The third kappa shape index (κ3) is 27.4. The number of carboxylic acids is 1. The van der Waals surface area contributed by atoms with E-state index < -0.39 is 144 Å². The number of aliphatic carboxylic acids is 1. The number of carbonyl (C=O) groups is 12. The van der Waals surface area contributed by atoms with Gasteiger partial charge in [-0.05, 0) is 172 Å². The number of carboxylic acid groups (broad SMARTS) is 1. The number of guanidine groups is 1. The Morgan fingerprint density at radius 2 is 0.837 bits per heavy atom. The van der Waals surface area contributed by atoms with E-state index in [9.17, 15) is 62.6 Å². The molecule has 5 rings (SSSR count). The van der Waals surface area contributed by atoms with Crippen LogP contribution in [0.3, 0.4) is 0 Å². The van der Waals surface area contributed by atoms with Crippen LogP contribution in [0.5, 0.6) is 0 Å². The normalized spacial score (nSPS) is 15.4. The van der Waals surface area contributed by atoms with Crippen LogP contribution in [0, 0.1) is 5.41 Å². The molecule has 0 spiro atoms. The fraction of sp³-hybridized carbons (Fsp3) is 0.574. The number of rotatable bonds is 48. The Hall–Kier alpha value is -9.85. The van der Waals surface area contributed by atoms with Gasteiger partial charge in [-0.25, -0.2) is 4.79 Å². The fourth-order valence-electron chi connectivity index (χ4n) is 12.2. The third-order valence-electron chi connectivity index (χ3n) is 17.8. The third-order valence-corrected chi connectivity index (χ3v) is 17.8. The molecule has 3 heterocycles. The molecule has 1 aliphatic heterocycles. The number of aromatic nitrogens is 2. The molecule has 31 N–H and O–H groups in total. The molecule has 2 aromatic carbocycles. The van der Waals surface area contributed by atoms with Gasteiger partial charge in [-0.3, -0.25) is 58.1 Å². The van der Waals surface area contributed by atoms with Crippen LogP contribution < -0.4 is 104 Å². The summed E-state index contributed by atoms with van der Waals surface area (Å²) >= 11 is 0. The molecule has 11 amide bonds. The van der Waals surface area contributed by atoms with Crippen molar-refractivity contribution < 1.29 is 62.6 Å². The first kappa shape index (κ1) is 84.8. The molecular formula is C68H109N23O13. The van der Waals surface area contributed by atoms with Gasteiger partial charge < -0.3 is 124 Å². The van der Waals surface area contributed by atoms with Crippen molar-refractivity contribution in [3.63, 3.8) is 0 Å². The number of benzene rings is 2. The second-order valence-electron chi connectivity index (χ2n) is 25.7. The van der Waals surface area contributed by atoms with Crippen LogP contribution in [0.1, 0.15) is 120 Å². The summed E-state index contributed by atoms with van der Waals surface area (Å²) in [6.45, 7) is -0.293. The van der Waals surface area contributed by atoms with Crippen LogP contribution >= 0.6 is 0 Å². The van der Waals surface area contributed by atoms with Crippen LogP contribution in [0.15, 0.2) is 60.9 Å². The Bertz CT molecular complexity index is 3500. The Labute approximate surface area is 603 Å². The molecule has 0 radical (unpaired) electrons. The number of aromatic amines is 2. The lowest BCUT2D eigenvalue weighted by Crippen LogP contribution is -2.61. The Morgan fingerprint density at radius 1 is 0.452 bits per heavy atom. The molecule has 574 valence electrons. The van der Waals surface area contributed by atoms with Gasteiger partial charge in [-0.15, -0.1) is 0 Å². The summed E-state index contributed by atoms with van der Waals surface area (Å²) in [5.41, 5.74) is 48.9. The standard InChI is InChI=1S/C68H109N23O13/c69-26-9-5-18-47(59(95)88-52(67(103)104)20-7-11-28-71)84-64(100)53(34-40-37-79-44-16-3-1-14-42(40)44)89-60(96)48(19-6-10-27-70)83-61(97)49(23-29-72)85-62(98)50(24-30-73)86-65(101)54(35-41-38-80-45-17-4-2-15-43(41)45)90-63(99)51(25-31-74)87-66(102)55-22-8-12-33-91(55)57(93)39-81-58(94)46(82-56(92)36-75)21-13-32-78-68(76)77/h1-4,14-17,37-38,46-55,79-80H,5-13,18-36,39,69-75H2,(H,81,94)(H,82,92)(H,83,97)(H,84,100)(H,85,98)(H,86,101)(H,87,102)(H,88,95)(H,89,96)(H,90,99)(H,103,104)(H4,76,77,78)/t46-,47-,48-,49-,50-,51-,52-,53-,54-,55-/m0/s1. The highest BCUT2D eigenvalue weighted by Crippen LogP contribution is 2.23. The number of para-hydroxylation sites is 2. The largest absolute Gasteiger partial charge is 0.480 e. The van der Waals surface area contributed by atoms with Crippen molar-refractivity contribution in [2.45, 2.75) is 182 Å². The Morgan fingerprint density at radius 3 is 1.26 bits per heavy atom. The first-order valence-corrected chi connectivity index (χ1v) is 35.6. The molecule has 1 aliphatic rings. The molecule has 10 atom stereocenters. The van der Waals surface area contributed by atoms with Crippen LogP contribution in [0.25, 0.3) is 21.8 Å². The van der Waals surface area contributed by atoms with Gasteiger partial charge in [0.1, 0.15) is 60.4 Å². The van der Waals surface area contributed by atoms with Gasteiger partial charge in [-0.1, -0.05) is 36.4 Å². The lowest BCUT2D eigenvalue weighted by atomic mass is 10.00. The molecule has 1 fully saturated rings. The minimum absolute atomic E-state index is 0.0129. The second-order valence-corrected chi connectivity index (χ2v) is 25.7. The number of nitrogens with zero attached hydrogens (tertiary/aromatic N) is 1. The van der Waals surface area contributed by atoms with E-state index in [0.29, 0.717) is 86.4 Å². The minimum atomic E-state index is -1.47. The molecule has 36 nitrogen and oxygen atoms in total. The maximum atomic E-state index is 14.8. The van der Waals surface area contributed by atoms with Crippen molar-refractivity contribution in [1.82, 2.24) is 73.4 Å². The topological polar surface area (TPSA) is 624 Å².